The first kappa shape index (κ1) is 18.7. The van der Waals surface area contributed by atoms with Crippen molar-refractivity contribution in [2.75, 3.05) is 18.8 Å². The minimum absolute atomic E-state index is 0.0296. The van der Waals surface area contributed by atoms with Gasteiger partial charge in [0.1, 0.15) is 11.6 Å². The topological polar surface area (TPSA) is 61.9 Å². The molecule has 1 N–H and O–H groups in total. The summed E-state index contributed by atoms with van der Waals surface area (Å²) in [4.78, 5) is 18.1. The van der Waals surface area contributed by atoms with Crippen LogP contribution in [0.1, 0.15) is 11.4 Å². The third kappa shape index (κ3) is 6.04. The largest absolute Gasteiger partial charge is 0.335 e. The lowest BCUT2D eigenvalue weighted by molar-refractivity contribution is -0.127. The van der Waals surface area contributed by atoms with Crippen LogP contribution >= 0.6 is 11.8 Å². The zero-order valence-electron chi connectivity index (χ0n) is 13.7. The second-order valence-electron chi connectivity index (χ2n) is 5.05. The minimum atomic E-state index is -0.276. The zero-order chi connectivity index (χ0) is 18.1. The Bertz CT molecular complexity index is 745. The number of benzene rings is 1. The van der Waals surface area contributed by atoms with Crippen molar-refractivity contribution in [3.63, 3.8) is 0 Å². The van der Waals surface area contributed by atoms with Crippen LogP contribution in [-0.4, -0.2) is 44.8 Å². The number of halogens is 1. The maximum atomic E-state index is 12.9. The van der Waals surface area contributed by atoms with Crippen molar-refractivity contribution >= 4 is 29.8 Å². The molecule has 0 bridgehead atoms. The molecule has 0 saturated carbocycles. The quantitative estimate of drug-likeness (QED) is 0.551. The third-order valence-corrected chi connectivity index (χ3v) is 3.99. The second kappa shape index (κ2) is 9.58. The van der Waals surface area contributed by atoms with E-state index in [-0.39, 0.29) is 17.5 Å². The number of nitrogens with one attached hydrogen (secondary N) is 1. The van der Waals surface area contributed by atoms with Crippen molar-refractivity contribution in [2.24, 2.45) is 0 Å². The summed E-state index contributed by atoms with van der Waals surface area (Å²) in [7, 11) is 0. The lowest BCUT2D eigenvalue weighted by Gasteiger charge is -2.18. The van der Waals surface area contributed by atoms with E-state index in [4.69, 9.17) is 0 Å². The van der Waals surface area contributed by atoms with Crippen LogP contribution in [0, 0.1) is 5.82 Å². The molecule has 0 aliphatic heterocycles. The first-order valence-electron chi connectivity index (χ1n) is 7.60. The number of rotatable bonds is 9. The smallest absolute Gasteiger partial charge is 0.233 e. The molecular formula is C18H19FN4OS. The summed E-state index contributed by atoms with van der Waals surface area (Å²) in [5.41, 5.74) is 0.853. The van der Waals surface area contributed by atoms with E-state index in [0.717, 1.165) is 5.56 Å². The van der Waals surface area contributed by atoms with E-state index in [1.54, 1.807) is 41.3 Å². The maximum absolute atomic E-state index is 12.9. The standard InChI is InChI=1S/C18H19FN4OS/c1-3-11-23(12-4-2)17(24)13-25-18-20-16(21-22-18)10-7-14-5-8-15(19)9-6-14/h3-10H,1-2,11-13H2,(H,20,21,22). The van der Waals surface area contributed by atoms with Gasteiger partial charge in [-0.1, -0.05) is 42.1 Å². The van der Waals surface area contributed by atoms with Gasteiger partial charge in [-0.25, -0.2) is 9.37 Å². The summed E-state index contributed by atoms with van der Waals surface area (Å²) < 4.78 is 12.9. The summed E-state index contributed by atoms with van der Waals surface area (Å²) in [6.45, 7) is 8.24. The van der Waals surface area contributed by atoms with Crippen LogP contribution in [0.15, 0.2) is 54.7 Å². The van der Waals surface area contributed by atoms with Crippen molar-refractivity contribution in [3.05, 3.63) is 66.8 Å². The van der Waals surface area contributed by atoms with Gasteiger partial charge in [0.25, 0.3) is 0 Å². The van der Waals surface area contributed by atoms with Crippen molar-refractivity contribution in [3.8, 4) is 0 Å². The predicted octanol–water partition coefficient (Wildman–Crippen LogP) is 3.41. The molecular weight excluding hydrogens is 339 g/mol. The molecule has 0 unspecified atom stereocenters. The molecule has 0 aliphatic rings. The Morgan fingerprint density at radius 3 is 2.52 bits per heavy atom. The molecule has 25 heavy (non-hydrogen) atoms. The average molecular weight is 358 g/mol. The van der Waals surface area contributed by atoms with Gasteiger partial charge in [0.05, 0.1) is 5.75 Å². The molecule has 1 aromatic heterocycles. The first-order valence-corrected chi connectivity index (χ1v) is 8.59. The number of hydrogen-bond acceptors (Lipinski definition) is 4. The van der Waals surface area contributed by atoms with E-state index in [1.807, 2.05) is 0 Å². The number of carbonyl (C=O) groups excluding carboxylic acids is 1. The number of aromatic nitrogens is 3. The Morgan fingerprint density at radius 2 is 1.88 bits per heavy atom. The highest BCUT2D eigenvalue weighted by Crippen LogP contribution is 2.14. The number of nitrogens with zero attached hydrogens (tertiary/aromatic N) is 3. The Morgan fingerprint density at radius 1 is 1.20 bits per heavy atom. The van der Waals surface area contributed by atoms with Gasteiger partial charge in [-0.3, -0.25) is 9.89 Å². The van der Waals surface area contributed by atoms with Crippen LogP contribution in [0.3, 0.4) is 0 Å². The summed E-state index contributed by atoms with van der Waals surface area (Å²) in [5, 5.41) is 7.35. The summed E-state index contributed by atoms with van der Waals surface area (Å²) in [6.07, 6.45) is 6.90. The zero-order valence-corrected chi connectivity index (χ0v) is 14.5. The highest BCUT2D eigenvalue weighted by atomic mass is 32.2. The van der Waals surface area contributed by atoms with E-state index < -0.39 is 0 Å². The van der Waals surface area contributed by atoms with Crippen molar-refractivity contribution in [1.29, 1.82) is 0 Å². The van der Waals surface area contributed by atoms with E-state index in [9.17, 15) is 9.18 Å². The number of thioether (sulfide) groups is 1. The fraction of sp³-hybridized carbons (Fsp3) is 0.167. The van der Waals surface area contributed by atoms with Gasteiger partial charge < -0.3 is 4.90 Å². The van der Waals surface area contributed by atoms with Crippen LogP contribution in [0.25, 0.3) is 12.2 Å². The van der Waals surface area contributed by atoms with Crippen LogP contribution in [0.5, 0.6) is 0 Å². The summed E-state index contributed by atoms with van der Waals surface area (Å²) >= 11 is 1.26. The van der Waals surface area contributed by atoms with Crippen molar-refractivity contribution in [2.45, 2.75) is 5.16 Å². The SMILES string of the molecule is C=CCN(CC=C)C(=O)CSc1n[nH]c(C=Cc2ccc(F)cc2)n1. The van der Waals surface area contributed by atoms with Crippen molar-refractivity contribution < 1.29 is 9.18 Å². The van der Waals surface area contributed by atoms with Gasteiger partial charge >= 0.3 is 0 Å². The molecule has 0 radical (unpaired) electrons. The highest BCUT2D eigenvalue weighted by molar-refractivity contribution is 7.99. The second-order valence-corrected chi connectivity index (χ2v) is 6.00. The van der Waals surface area contributed by atoms with Gasteiger partial charge in [0.2, 0.25) is 11.1 Å². The van der Waals surface area contributed by atoms with Gasteiger partial charge in [-0.15, -0.1) is 18.3 Å². The van der Waals surface area contributed by atoms with Gasteiger partial charge in [0, 0.05) is 13.1 Å². The van der Waals surface area contributed by atoms with Gasteiger partial charge in [0.15, 0.2) is 0 Å². The number of hydrogen-bond donors (Lipinski definition) is 1. The normalized spacial score (nSPS) is 10.8. The van der Waals surface area contributed by atoms with E-state index in [1.165, 1.54) is 23.9 Å². The molecule has 0 atom stereocenters. The fourth-order valence-electron chi connectivity index (χ4n) is 1.95. The molecule has 5 nitrogen and oxygen atoms in total. The van der Waals surface area contributed by atoms with Crippen LogP contribution in [0.2, 0.25) is 0 Å². The highest BCUT2D eigenvalue weighted by Gasteiger charge is 2.12. The Hall–Kier alpha value is -2.67. The third-order valence-electron chi connectivity index (χ3n) is 3.16. The average Bonchev–Trinajstić information content (AvgIpc) is 3.07. The van der Waals surface area contributed by atoms with Crippen LogP contribution in [-0.2, 0) is 4.79 Å². The molecule has 1 amide bonds. The molecule has 2 rings (SSSR count). The number of aromatic amines is 1. The van der Waals surface area contributed by atoms with E-state index in [0.29, 0.717) is 24.1 Å². The van der Waals surface area contributed by atoms with E-state index >= 15 is 0 Å². The molecule has 130 valence electrons. The van der Waals surface area contributed by atoms with E-state index in [2.05, 4.69) is 28.3 Å². The van der Waals surface area contributed by atoms with Crippen LogP contribution < -0.4 is 0 Å². The predicted molar refractivity (Wildman–Crippen MR) is 99.4 cm³/mol. The number of carbonyl (C=O) groups is 1. The fourth-order valence-corrected chi connectivity index (χ4v) is 2.66. The Labute approximate surface area is 150 Å². The minimum Gasteiger partial charge on any atom is -0.335 e. The lowest BCUT2D eigenvalue weighted by Crippen LogP contribution is -2.32. The monoisotopic (exact) mass is 358 g/mol. The molecule has 0 aliphatic carbocycles. The number of H-pyrrole nitrogens is 1. The lowest BCUT2D eigenvalue weighted by atomic mass is 10.2. The molecule has 2 aromatic rings. The first-order chi connectivity index (χ1) is 12.1. The van der Waals surface area contributed by atoms with Crippen LogP contribution in [0.4, 0.5) is 4.39 Å². The molecule has 7 heteroatoms. The molecule has 0 saturated heterocycles. The van der Waals surface area contributed by atoms with Gasteiger partial charge in [-0.2, -0.15) is 0 Å². The molecule has 1 aromatic carbocycles. The summed E-state index contributed by atoms with van der Waals surface area (Å²) in [6, 6.07) is 6.13. The summed E-state index contributed by atoms with van der Waals surface area (Å²) in [5.74, 6) is 0.495. The Kier molecular flexibility index (Phi) is 7.16. The van der Waals surface area contributed by atoms with Crippen molar-refractivity contribution in [1.82, 2.24) is 20.1 Å². The molecule has 1 heterocycles. The number of amides is 1. The Balaban J connectivity index is 1.90. The molecule has 0 spiro atoms. The maximum Gasteiger partial charge on any atom is 0.233 e. The van der Waals surface area contributed by atoms with Gasteiger partial charge in [-0.05, 0) is 23.8 Å². The molecule has 0 fully saturated rings.